The molecule has 8 rings (SSSR count). The fraction of sp³-hybridized carbons (Fsp3) is 0.793. The van der Waals surface area contributed by atoms with Crippen LogP contribution >= 0.6 is 0 Å². The highest BCUT2D eigenvalue weighted by Crippen LogP contribution is 2.48. The number of phenols is 2. The lowest BCUT2D eigenvalue weighted by atomic mass is 9.72. The van der Waals surface area contributed by atoms with E-state index < -0.39 is 182 Å². The summed E-state index contributed by atoms with van der Waals surface area (Å²) < 4.78 is 79.3. The first-order valence-corrected chi connectivity index (χ1v) is 28.8. The van der Waals surface area contributed by atoms with Crippen LogP contribution in [-0.2, 0) is 68.1 Å². The molecule has 6 aliphatic rings. The third-order valence-electron chi connectivity index (χ3n) is 17.4. The van der Waals surface area contributed by atoms with Crippen LogP contribution in [0.4, 0.5) is 0 Å². The number of aliphatic hydroxyl groups is 7. The van der Waals surface area contributed by atoms with Gasteiger partial charge in [-0.15, -0.1) is 0 Å². The smallest absolute Gasteiger partial charge is 0.306 e. The number of ether oxygens (including phenoxy) is 13. The molecule has 0 bridgehead atoms. The zero-order valence-corrected chi connectivity index (χ0v) is 48.9. The number of carbonyl (C=O) groups excluding carboxylic acids is 2. The zero-order valence-electron chi connectivity index (χ0n) is 48.9. The second-order valence-electron chi connectivity index (χ2n) is 23.7. The minimum atomic E-state index is -1.53. The van der Waals surface area contributed by atoms with E-state index in [1.54, 1.807) is 60.6 Å². The molecule has 0 unspecified atom stereocenters. The van der Waals surface area contributed by atoms with E-state index in [0.717, 1.165) is 0 Å². The number of aliphatic hydroxyl groups excluding tert-OH is 6. The molecule has 0 saturated carbocycles. The molecule has 5 heterocycles. The molecule has 2 aromatic carbocycles. The van der Waals surface area contributed by atoms with Gasteiger partial charge in [-0.1, -0.05) is 13.8 Å². The first kappa shape index (κ1) is 64.5. The van der Waals surface area contributed by atoms with Crippen LogP contribution in [-0.4, -0.2) is 219 Å². The average Bonchev–Trinajstić information content (AvgIpc) is 1.43. The molecule has 24 heteroatoms. The Morgan fingerprint density at radius 1 is 0.732 bits per heavy atom. The van der Waals surface area contributed by atoms with E-state index in [1.807, 2.05) is 6.92 Å². The summed E-state index contributed by atoms with van der Waals surface area (Å²) in [4.78, 5) is 27.6. The molecule has 82 heavy (non-hydrogen) atoms. The number of rotatable bonds is 19. The molecule has 0 aromatic heterocycles. The van der Waals surface area contributed by atoms with Gasteiger partial charge in [-0.3, -0.25) is 9.59 Å². The lowest BCUT2D eigenvalue weighted by Gasteiger charge is -2.47. The predicted molar refractivity (Wildman–Crippen MR) is 286 cm³/mol. The summed E-state index contributed by atoms with van der Waals surface area (Å²) in [6.45, 7) is 16.3. The number of phenolic OH excluding ortho intramolecular Hbond substituents is 2. The van der Waals surface area contributed by atoms with Crippen LogP contribution < -0.4 is 4.74 Å². The number of methoxy groups -OCH3 is 2. The molecule has 5 aliphatic heterocycles. The maximum absolute atomic E-state index is 15.2. The molecule has 2 aromatic rings. The molecule has 464 valence electrons. The number of fused-ring (bicyclic) bond motifs is 2. The first-order chi connectivity index (χ1) is 38.7. The summed E-state index contributed by atoms with van der Waals surface area (Å²) in [6.07, 6.45) is -22.0. The Bertz CT molecular complexity index is 2480. The molecule has 24 nitrogen and oxygen atoms in total. The van der Waals surface area contributed by atoms with Gasteiger partial charge in [0.05, 0.1) is 84.2 Å². The number of esters is 1. The Kier molecular flexibility index (Phi) is 21.0. The van der Waals surface area contributed by atoms with Crippen LogP contribution in [0, 0.1) is 18.8 Å². The quantitative estimate of drug-likeness (QED) is 0.0913. The second-order valence-corrected chi connectivity index (χ2v) is 23.7. The van der Waals surface area contributed by atoms with Crippen LogP contribution in [0.5, 0.6) is 17.2 Å². The van der Waals surface area contributed by atoms with Crippen molar-refractivity contribution in [2.75, 3.05) is 14.2 Å². The summed E-state index contributed by atoms with van der Waals surface area (Å²) in [5, 5.41) is 102. The number of aromatic hydroxyl groups is 2. The Morgan fingerprint density at radius 3 is 1.79 bits per heavy atom. The monoisotopic (exact) mass is 1170 g/mol. The highest BCUT2D eigenvalue weighted by atomic mass is 16.7. The van der Waals surface area contributed by atoms with E-state index >= 15 is 4.79 Å². The predicted octanol–water partition coefficient (Wildman–Crippen LogP) is 2.82. The molecule has 0 spiro atoms. The summed E-state index contributed by atoms with van der Waals surface area (Å²) in [5.41, 5.74) is -1.14. The minimum absolute atomic E-state index is 0.00318. The third kappa shape index (κ3) is 13.7. The van der Waals surface area contributed by atoms with Gasteiger partial charge in [0.25, 0.3) is 0 Å². The van der Waals surface area contributed by atoms with Gasteiger partial charge in [0.1, 0.15) is 53.4 Å². The lowest BCUT2D eigenvalue weighted by molar-refractivity contribution is -0.334. The zero-order chi connectivity index (χ0) is 60.0. The number of hydrogen-bond acceptors (Lipinski definition) is 24. The number of benzene rings is 2. The Balaban J connectivity index is 1.02. The van der Waals surface area contributed by atoms with Crippen LogP contribution in [0.25, 0.3) is 10.8 Å². The van der Waals surface area contributed by atoms with Gasteiger partial charge in [-0.05, 0) is 91.3 Å². The van der Waals surface area contributed by atoms with Crippen molar-refractivity contribution < 1.29 is 117 Å². The van der Waals surface area contributed by atoms with E-state index in [4.69, 9.17) is 61.6 Å². The molecule has 5 saturated heterocycles. The van der Waals surface area contributed by atoms with Gasteiger partial charge in [0, 0.05) is 70.1 Å². The van der Waals surface area contributed by atoms with Gasteiger partial charge in [0.15, 0.2) is 37.0 Å². The van der Waals surface area contributed by atoms with Crippen LogP contribution in [0.15, 0.2) is 12.1 Å². The Labute approximate surface area is 478 Å². The molecular formula is C58H88O24. The first-order valence-electron chi connectivity index (χ1n) is 28.8. The van der Waals surface area contributed by atoms with Crippen molar-refractivity contribution in [3.63, 3.8) is 0 Å². The van der Waals surface area contributed by atoms with Gasteiger partial charge in [-0.25, -0.2) is 0 Å². The van der Waals surface area contributed by atoms with Crippen molar-refractivity contribution in [3.8, 4) is 17.2 Å². The van der Waals surface area contributed by atoms with Crippen molar-refractivity contribution in [3.05, 3.63) is 28.8 Å². The molecule has 9 N–H and O–H groups in total. The van der Waals surface area contributed by atoms with Crippen LogP contribution in [0.2, 0.25) is 0 Å². The van der Waals surface area contributed by atoms with Crippen molar-refractivity contribution in [2.24, 2.45) is 11.8 Å². The summed E-state index contributed by atoms with van der Waals surface area (Å²) in [7, 11) is 2.89. The molecule has 26 atom stereocenters. The fourth-order valence-electron chi connectivity index (χ4n) is 12.8. The maximum atomic E-state index is 15.2. The van der Waals surface area contributed by atoms with Gasteiger partial charge >= 0.3 is 5.97 Å². The van der Waals surface area contributed by atoms with E-state index in [9.17, 15) is 50.8 Å². The number of ketones is 1. The standard InChI is InChI=1S/C58H88O24/c1-13-14-39(61)81-57-30(9)76-44(22-58(57,10)69)80-38-20-42(73-27(6)51(38)66)79-37-21-43(74-28(7)50(37)65)82-56-33(54(70-11)24(3)47(62)25(4)59)16-31-15-32-17-35(23(2)48(63)45(32)52(67)46(31)53(56)68)77-41-19-36(49(64)26(5)72-41)78-40-18-34(60)55(71-12)29(8)75-40/h15,17,24-30,33-34,36-38,40-44,47,49-51,54-57,59-60,62-67,69H,13-14,16,18-22H2,1-12H3/t24-,25+,26-,27+,28+,29-,30+,33+,34-,36+,37+,38-,40+,41+,42-,43+,44+,47+,49+,50-,51+,54-,55+,56-,57-,58-/m1/s1. The van der Waals surface area contributed by atoms with Crippen molar-refractivity contribution in [2.45, 2.75) is 268 Å². The summed E-state index contributed by atoms with van der Waals surface area (Å²) in [6, 6.07) is 3.24. The largest absolute Gasteiger partial charge is 0.507 e. The lowest BCUT2D eigenvalue weighted by Crippen LogP contribution is -2.59. The van der Waals surface area contributed by atoms with Gasteiger partial charge in [0.2, 0.25) is 6.29 Å². The second kappa shape index (κ2) is 26.6. The van der Waals surface area contributed by atoms with Gasteiger partial charge in [-0.2, -0.15) is 0 Å². The van der Waals surface area contributed by atoms with Crippen molar-refractivity contribution in [1.82, 2.24) is 0 Å². The summed E-state index contributed by atoms with van der Waals surface area (Å²) in [5.74, 6) is -3.63. The molecule has 1 aliphatic carbocycles. The number of carbonyl (C=O) groups is 2. The average molecular weight is 1170 g/mol. The summed E-state index contributed by atoms with van der Waals surface area (Å²) >= 11 is 0. The fourth-order valence-corrected chi connectivity index (χ4v) is 12.8. The Hall–Kier alpha value is -3.48. The van der Waals surface area contributed by atoms with E-state index in [0.29, 0.717) is 17.4 Å². The van der Waals surface area contributed by atoms with Crippen molar-refractivity contribution >= 4 is 22.5 Å². The molecule has 0 amide bonds. The molecular weight excluding hydrogens is 1080 g/mol. The van der Waals surface area contributed by atoms with E-state index in [-0.39, 0.29) is 67.2 Å². The van der Waals surface area contributed by atoms with Gasteiger partial charge < -0.3 is 108 Å². The van der Waals surface area contributed by atoms with E-state index in [2.05, 4.69) is 0 Å². The minimum Gasteiger partial charge on any atom is -0.507 e. The normalized spacial score (nSPS) is 40.6. The highest BCUT2D eigenvalue weighted by molar-refractivity contribution is 6.11. The molecule has 5 fully saturated rings. The van der Waals surface area contributed by atoms with Crippen LogP contribution in [0.3, 0.4) is 0 Å². The maximum Gasteiger partial charge on any atom is 0.306 e. The van der Waals surface area contributed by atoms with Crippen molar-refractivity contribution in [1.29, 1.82) is 0 Å². The Morgan fingerprint density at radius 2 is 1.26 bits per heavy atom. The topological polar surface area (TPSA) is 336 Å². The highest BCUT2D eigenvalue weighted by Gasteiger charge is 2.52. The SMILES string of the molecule is CCCC(=O)O[C@@H]1[C@H](C)O[C@@H](O[C@@H]2C[C@@H](O[C@H]3C[C@H](O[C@H]4C(=O)c5c(cc6cc(O[C@H]7C[C@H](O[C@H]8C[C@@H](O)[C@@H](OC)[C@@H](C)O8)[C@@H](O)[C@@H](C)O7)c(C)c(O)c6c5O)C[C@H]4[C@H](OC)[C@H](C)[C@H](O)[C@H](C)O)O[C@@H](C)[C@H]3O)O[C@@H](C)[C@@H]2O)C[C@@]1(C)O. The van der Waals surface area contributed by atoms with Crippen LogP contribution in [0.1, 0.15) is 129 Å². The van der Waals surface area contributed by atoms with E-state index in [1.165, 1.54) is 28.1 Å². The number of Topliss-reactive ketones (excluding diaryl/α,β-unsaturated/α-hetero) is 1. The molecule has 0 radical (unpaired) electrons. The third-order valence-corrected chi connectivity index (χ3v) is 17.4. The number of hydrogen-bond donors (Lipinski definition) is 9.